The molecule has 0 saturated carbocycles. The van der Waals surface area contributed by atoms with Crippen LogP contribution in [0.4, 0.5) is 0 Å². The Bertz CT molecular complexity index is 475. The average Bonchev–Trinajstić information content (AvgIpc) is 2.48. The summed E-state index contributed by atoms with van der Waals surface area (Å²) in [6.07, 6.45) is 10.2. The lowest BCUT2D eigenvalue weighted by atomic mass is 9.94. The predicted octanol–water partition coefficient (Wildman–Crippen LogP) is 6.11. The van der Waals surface area contributed by atoms with E-state index < -0.39 is 0 Å². The van der Waals surface area contributed by atoms with Crippen molar-refractivity contribution in [3.05, 3.63) is 47.5 Å². The summed E-state index contributed by atoms with van der Waals surface area (Å²) >= 11 is 0. The molecular formula is C20H27. The Kier molecular flexibility index (Phi) is 6.11. The van der Waals surface area contributed by atoms with Crippen LogP contribution in [0.5, 0.6) is 0 Å². The molecule has 0 spiro atoms. The molecule has 107 valence electrons. The van der Waals surface area contributed by atoms with Gasteiger partial charge in [0.25, 0.3) is 0 Å². The molecule has 0 amide bonds. The molecule has 0 N–H and O–H groups in total. The first-order valence-electron chi connectivity index (χ1n) is 8.28. The number of benzene rings is 2. The Morgan fingerprint density at radius 3 is 2.20 bits per heavy atom. The Hall–Kier alpha value is -1.30. The quantitative estimate of drug-likeness (QED) is 0.506. The zero-order chi connectivity index (χ0) is 14.2. The first kappa shape index (κ1) is 15.1. The van der Waals surface area contributed by atoms with Gasteiger partial charge in [0.2, 0.25) is 0 Å². The lowest BCUT2D eigenvalue weighted by Gasteiger charge is -2.10. The minimum Gasteiger partial charge on any atom is -0.0654 e. The highest BCUT2D eigenvalue weighted by Gasteiger charge is 2.05. The Morgan fingerprint density at radius 2 is 1.50 bits per heavy atom. The maximum absolute atomic E-state index is 3.48. The largest absolute Gasteiger partial charge is 0.0654 e. The lowest BCUT2D eigenvalue weighted by molar-refractivity contribution is 0.717. The van der Waals surface area contributed by atoms with E-state index in [9.17, 15) is 0 Å². The summed E-state index contributed by atoms with van der Waals surface area (Å²) in [6.45, 7) is 4.53. The van der Waals surface area contributed by atoms with E-state index in [0.717, 1.165) is 0 Å². The maximum Gasteiger partial charge on any atom is -0.00703 e. The van der Waals surface area contributed by atoms with Crippen molar-refractivity contribution < 1.29 is 0 Å². The Labute approximate surface area is 124 Å². The van der Waals surface area contributed by atoms with Gasteiger partial charge in [-0.2, -0.15) is 0 Å². The first-order chi connectivity index (χ1) is 9.86. The number of hydrogen-bond donors (Lipinski definition) is 0. The zero-order valence-electron chi connectivity index (χ0n) is 13.0. The molecule has 0 aliphatic heterocycles. The van der Waals surface area contributed by atoms with Crippen LogP contribution in [0, 0.1) is 6.07 Å². The topological polar surface area (TPSA) is 0 Å². The standard InChI is InChI=1S/C20H27/c1-3-5-7-11-17-13-9-16-20-18(12-8-6-4-2)14-10-15-19(17)20/h9-10,13-15H,3-8,11-12H2,1-2H3. The molecule has 2 rings (SSSR count). The minimum absolute atomic E-state index is 1.19. The third-order valence-corrected chi connectivity index (χ3v) is 4.11. The monoisotopic (exact) mass is 267 g/mol. The second kappa shape index (κ2) is 8.09. The Morgan fingerprint density at radius 1 is 0.800 bits per heavy atom. The van der Waals surface area contributed by atoms with Crippen LogP contribution in [0.1, 0.15) is 63.5 Å². The molecule has 0 nitrogen and oxygen atoms in total. The van der Waals surface area contributed by atoms with Gasteiger partial charge in [0.05, 0.1) is 0 Å². The fourth-order valence-corrected chi connectivity index (χ4v) is 2.91. The van der Waals surface area contributed by atoms with Crippen molar-refractivity contribution in [1.82, 2.24) is 0 Å². The second-order valence-corrected chi connectivity index (χ2v) is 5.76. The van der Waals surface area contributed by atoms with E-state index in [1.165, 1.54) is 73.3 Å². The van der Waals surface area contributed by atoms with Crippen molar-refractivity contribution in [2.75, 3.05) is 0 Å². The number of rotatable bonds is 8. The molecule has 1 radical (unpaired) electrons. The van der Waals surface area contributed by atoms with Crippen molar-refractivity contribution in [1.29, 1.82) is 0 Å². The van der Waals surface area contributed by atoms with E-state index in [1.807, 2.05) is 0 Å². The van der Waals surface area contributed by atoms with Crippen LogP contribution < -0.4 is 0 Å². The summed E-state index contributed by atoms with van der Waals surface area (Å²) in [6, 6.07) is 14.6. The van der Waals surface area contributed by atoms with Crippen LogP contribution in [0.2, 0.25) is 0 Å². The summed E-state index contributed by atoms with van der Waals surface area (Å²) < 4.78 is 0. The number of hydrogen-bond acceptors (Lipinski definition) is 0. The van der Waals surface area contributed by atoms with Crippen molar-refractivity contribution >= 4 is 10.8 Å². The third-order valence-electron chi connectivity index (χ3n) is 4.11. The van der Waals surface area contributed by atoms with E-state index in [1.54, 1.807) is 0 Å². The van der Waals surface area contributed by atoms with E-state index in [0.29, 0.717) is 0 Å². The summed E-state index contributed by atoms with van der Waals surface area (Å²) in [5, 5.41) is 2.79. The fourth-order valence-electron chi connectivity index (χ4n) is 2.91. The molecular weight excluding hydrogens is 240 g/mol. The van der Waals surface area contributed by atoms with Crippen LogP contribution >= 0.6 is 0 Å². The van der Waals surface area contributed by atoms with Gasteiger partial charge in [-0.3, -0.25) is 0 Å². The van der Waals surface area contributed by atoms with Gasteiger partial charge in [0, 0.05) is 0 Å². The van der Waals surface area contributed by atoms with Gasteiger partial charge in [-0.1, -0.05) is 69.9 Å². The fraction of sp³-hybridized carbons (Fsp3) is 0.500. The van der Waals surface area contributed by atoms with Crippen molar-refractivity contribution in [3.63, 3.8) is 0 Å². The molecule has 0 unspecified atom stereocenters. The van der Waals surface area contributed by atoms with Gasteiger partial charge < -0.3 is 0 Å². The molecule has 0 heteroatoms. The smallest absolute Gasteiger partial charge is 0.00703 e. The van der Waals surface area contributed by atoms with Crippen LogP contribution in [-0.4, -0.2) is 0 Å². The van der Waals surface area contributed by atoms with Crippen LogP contribution in [0.15, 0.2) is 30.3 Å². The molecule has 20 heavy (non-hydrogen) atoms. The van der Waals surface area contributed by atoms with Crippen LogP contribution in [0.25, 0.3) is 10.8 Å². The van der Waals surface area contributed by atoms with Gasteiger partial charge in [-0.15, -0.1) is 0 Å². The molecule has 0 atom stereocenters. The average molecular weight is 267 g/mol. The molecule has 0 saturated heterocycles. The molecule has 0 heterocycles. The summed E-state index contributed by atoms with van der Waals surface area (Å²) in [4.78, 5) is 0. The molecule has 0 bridgehead atoms. The SMILES string of the molecule is CCCCCc1cccc2c(CCCCC)cc[c]c12. The highest BCUT2D eigenvalue weighted by Crippen LogP contribution is 2.24. The second-order valence-electron chi connectivity index (χ2n) is 5.76. The summed E-state index contributed by atoms with van der Waals surface area (Å²) in [7, 11) is 0. The Balaban J connectivity index is 2.21. The number of unbranched alkanes of at least 4 members (excludes halogenated alkanes) is 4. The van der Waals surface area contributed by atoms with Gasteiger partial charge in [0.15, 0.2) is 0 Å². The van der Waals surface area contributed by atoms with Crippen molar-refractivity contribution in [2.24, 2.45) is 0 Å². The normalized spacial score (nSPS) is 11.1. The molecule has 0 aliphatic rings. The minimum atomic E-state index is 1.19. The van der Waals surface area contributed by atoms with Gasteiger partial charge in [-0.25, -0.2) is 0 Å². The lowest BCUT2D eigenvalue weighted by Crippen LogP contribution is -1.92. The maximum atomic E-state index is 3.48. The molecule has 2 aromatic carbocycles. The summed E-state index contributed by atoms with van der Waals surface area (Å²) in [5.41, 5.74) is 2.98. The zero-order valence-corrected chi connectivity index (χ0v) is 13.0. The first-order valence-corrected chi connectivity index (χ1v) is 8.28. The van der Waals surface area contributed by atoms with E-state index >= 15 is 0 Å². The van der Waals surface area contributed by atoms with Crippen molar-refractivity contribution in [2.45, 2.75) is 65.2 Å². The van der Waals surface area contributed by atoms with E-state index in [2.05, 4.69) is 50.2 Å². The van der Waals surface area contributed by atoms with E-state index in [4.69, 9.17) is 0 Å². The third kappa shape index (κ3) is 3.85. The molecule has 0 fully saturated rings. The highest BCUT2D eigenvalue weighted by atomic mass is 14.1. The van der Waals surface area contributed by atoms with Gasteiger partial charge in [0.1, 0.15) is 0 Å². The van der Waals surface area contributed by atoms with Crippen LogP contribution in [-0.2, 0) is 12.8 Å². The summed E-state index contributed by atoms with van der Waals surface area (Å²) in [5.74, 6) is 0. The van der Waals surface area contributed by atoms with Gasteiger partial charge >= 0.3 is 0 Å². The molecule has 2 aromatic rings. The predicted molar refractivity (Wildman–Crippen MR) is 89.2 cm³/mol. The number of fused-ring (bicyclic) bond motifs is 1. The van der Waals surface area contributed by atoms with Crippen molar-refractivity contribution in [3.8, 4) is 0 Å². The molecule has 0 aliphatic carbocycles. The van der Waals surface area contributed by atoms with E-state index in [-0.39, 0.29) is 0 Å². The highest BCUT2D eigenvalue weighted by molar-refractivity contribution is 5.88. The van der Waals surface area contributed by atoms with Gasteiger partial charge in [-0.05, 0) is 53.6 Å². The molecule has 0 aromatic heterocycles. The number of aryl methyl sites for hydroxylation is 2. The van der Waals surface area contributed by atoms with Crippen LogP contribution in [0.3, 0.4) is 0 Å².